The number of carbonyl (C=O) groups excluding carboxylic acids is 1. The lowest BCUT2D eigenvalue weighted by atomic mass is 10.3. The lowest BCUT2D eigenvalue weighted by molar-refractivity contribution is -0.121. The number of hydrogen-bond donors (Lipinski definition) is 2. The zero-order valence-corrected chi connectivity index (χ0v) is 15.6. The van der Waals surface area contributed by atoms with Gasteiger partial charge in [0.25, 0.3) is 0 Å². The Morgan fingerprint density at radius 2 is 2.04 bits per heavy atom. The number of fused-ring (bicyclic) bond motifs is 1. The summed E-state index contributed by atoms with van der Waals surface area (Å²) in [4.78, 5) is 21.1. The van der Waals surface area contributed by atoms with Gasteiger partial charge in [0.15, 0.2) is 5.82 Å². The highest BCUT2D eigenvalue weighted by Crippen LogP contribution is 2.23. The van der Waals surface area contributed by atoms with Crippen LogP contribution in [0.4, 0.5) is 5.82 Å². The number of methoxy groups -OCH3 is 1. The second-order valence-corrected chi connectivity index (χ2v) is 5.86. The molecule has 0 atom stereocenters. The van der Waals surface area contributed by atoms with Crippen molar-refractivity contribution in [1.82, 2.24) is 25.1 Å². The molecule has 0 aliphatic rings. The van der Waals surface area contributed by atoms with Crippen LogP contribution in [0.3, 0.4) is 0 Å². The number of hydrogen-bond acceptors (Lipinski definition) is 6. The summed E-state index contributed by atoms with van der Waals surface area (Å²) in [7, 11) is 1.61. The molecule has 0 aliphatic carbocycles. The van der Waals surface area contributed by atoms with Crippen LogP contribution in [-0.2, 0) is 22.5 Å². The van der Waals surface area contributed by atoms with Gasteiger partial charge < -0.3 is 15.4 Å². The van der Waals surface area contributed by atoms with E-state index in [0.29, 0.717) is 26.1 Å². The summed E-state index contributed by atoms with van der Waals surface area (Å²) in [5.74, 6) is 1.55. The SMILES string of the molecule is CCCc1nc(NCCC(=O)NCCOC)c2c(n1)c(C)nn2CC. The first-order valence-electron chi connectivity index (χ1n) is 8.84. The van der Waals surface area contributed by atoms with Crippen LogP contribution < -0.4 is 10.6 Å². The molecule has 8 nitrogen and oxygen atoms in total. The van der Waals surface area contributed by atoms with Crippen molar-refractivity contribution in [3.8, 4) is 0 Å². The molecule has 1 amide bonds. The van der Waals surface area contributed by atoms with E-state index in [1.54, 1.807) is 7.11 Å². The monoisotopic (exact) mass is 348 g/mol. The summed E-state index contributed by atoms with van der Waals surface area (Å²) in [6, 6.07) is 0. The molecule has 8 heteroatoms. The van der Waals surface area contributed by atoms with E-state index in [1.807, 2.05) is 18.5 Å². The van der Waals surface area contributed by atoms with Gasteiger partial charge in [0, 0.05) is 39.6 Å². The predicted octanol–water partition coefficient (Wildman–Crippen LogP) is 1.67. The number of aryl methyl sites for hydroxylation is 3. The van der Waals surface area contributed by atoms with Crippen molar-refractivity contribution in [2.24, 2.45) is 0 Å². The molecule has 25 heavy (non-hydrogen) atoms. The number of amides is 1. The molecule has 0 saturated heterocycles. The van der Waals surface area contributed by atoms with Crippen molar-refractivity contribution in [2.75, 3.05) is 32.1 Å². The highest BCUT2D eigenvalue weighted by Gasteiger charge is 2.15. The molecule has 0 spiro atoms. The molecule has 0 radical (unpaired) electrons. The quantitative estimate of drug-likeness (QED) is 0.634. The number of nitrogens with zero attached hydrogens (tertiary/aromatic N) is 4. The number of rotatable bonds is 10. The van der Waals surface area contributed by atoms with E-state index in [4.69, 9.17) is 4.74 Å². The van der Waals surface area contributed by atoms with Gasteiger partial charge in [-0.05, 0) is 20.3 Å². The predicted molar refractivity (Wildman–Crippen MR) is 97.7 cm³/mol. The molecule has 2 aromatic rings. The van der Waals surface area contributed by atoms with Crippen molar-refractivity contribution in [2.45, 2.75) is 46.6 Å². The first-order valence-corrected chi connectivity index (χ1v) is 8.84. The molecule has 0 unspecified atom stereocenters. The molecule has 0 fully saturated rings. The van der Waals surface area contributed by atoms with Gasteiger partial charge in [-0.15, -0.1) is 0 Å². The van der Waals surface area contributed by atoms with Crippen molar-refractivity contribution < 1.29 is 9.53 Å². The average Bonchev–Trinajstić information content (AvgIpc) is 2.92. The van der Waals surface area contributed by atoms with E-state index in [1.165, 1.54) is 0 Å². The van der Waals surface area contributed by atoms with Crippen molar-refractivity contribution in [3.05, 3.63) is 11.5 Å². The van der Waals surface area contributed by atoms with Gasteiger partial charge in [0.05, 0.1) is 12.3 Å². The second kappa shape index (κ2) is 9.31. The molecule has 0 aromatic carbocycles. The average molecular weight is 348 g/mol. The van der Waals surface area contributed by atoms with Crippen molar-refractivity contribution in [1.29, 1.82) is 0 Å². The van der Waals surface area contributed by atoms with E-state index in [0.717, 1.165) is 47.8 Å². The maximum Gasteiger partial charge on any atom is 0.221 e. The Labute approximate surface area is 148 Å². The molecule has 0 aliphatic heterocycles. The molecule has 2 N–H and O–H groups in total. The summed E-state index contributed by atoms with van der Waals surface area (Å²) >= 11 is 0. The minimum atomic E-state index is -0.0104. The lowest BCUT2D eigenvalue weighted by Crippen LogP contribution is -2.28. The summed E-state index contributed by atoms with van der Waals surface area (Å²) in [5.41, 5.74) is 2.68. The normalized spacial score (nSPS) is 11.0. The van der Waals surface area contributed by atoms with E-state index in [2.05, 4.69) is 32.6 Å². The molecule has 2 aromatic heterocycles. The number of carbonyl (C=O) groups is 1. The van der Waals surface area contributed by atoms with Crippen LogP contribution in [0.15, 0.2) is 0 Å². The Morgan fingerprint density at radius 1 is 1.24 bits per heavy atom. The van der Waals surface area contributed by atoms with Gasteiger partial charge in [-0.25, -0.2) is 9.97 Å². The molecular weight excluding hydrogens is 320 g/mol. The molecular formula is C17H28N6O2. The fraction of sp³-hybridized carbons (Fsp3) is 0.647. The Hall–Kier alpha value is -2.22. The number of nitrogens with one attached hydrogen (secondary N) is 2. The second-order valence-electron chi connectivity index (χ2n) is 5.86. The van der Waals surface area contributed by atoms with Crippen molar-refractivity contribution >= 4 is 22.8 Å². The molecule has 0 saturated carbocycles. The van der Waals surface area contributed by atoms with E-state index in [-0.39, 0.29) is 5.91 Å². The number of ether oxygens (including phenoxy) is 1. The first-order chi connectivity index (χ1) is 12.1. The Bertz CT molecular complexity index is 713. The maximum atomic E-state index is 11.8. The third-order valence-corrected chi connectivity index (χ3v) is 3.85. The zero-order valence-electron chi connectivity index (χ0n) is 15.6. The third kappa shape index (κ3) is 4.88. The van der Waals surface area contributed by atoms with Gasteiger partial charge in [0.1, 0.15) is 16.9 Å². The number of aromatic nitrogens is 4. The van der Waals surface area contributed by atoms with Gasteiger partial charge >= 0.3 is 0 Å². The Balaban J connectivity index is 2.13. The van der Waals surface area contributed by atoms with Crippen LogP contribution in [0.5, 0.6) is 0 Å². The van der Waals surface area contributed by atoms with E-state index in [9.17, 15) is 4.79 Å². The van der Waals surface area contributed by atoms with Crippen LogP contribution in [0.25, 0.3) is 11.0 Å². The van der Waals surface area contributed by atoms with Gasteiger partial charge in [-0.1, -0.05) is 6.92 Å². The third-order valence-electron chi connectivity index (χ3n) is 3.85. The molecule has 138 valence electrons. The van der Waals surface area contributed by atoms with Crippen LogP contribution in [0, 0.1) is 6.92 Å². The van der Waals surface area contributed by atoms with Crippen LogP contribution in [0.1, 0.15) is 38.2 Å². The van der Waals surface area contributed by atoms with Crippen molar-refractivity contribution in [3.63, 3.8) is 0 Å². The summed E-state index contributed by atoms with van der Waals surface area (Å²) in [5, 5.41) is 10.6. The zero-order chi connectivity index (χ0) is 18.2. The Kier molecular flexibility index (Phi) is 7.12. The summed E-state index contributed by atoms with van der Waals surface area (Å²) < 4.78 is 6.83. The van der Waals surface area contributed by atoms with Crippen LogP contribution >= 0.6 is 0 Å². The highest BCUT2D eigenvalue weighted by atomic mass is 16.5. The summed E-state index contributed by atoms with van der Waals surface area (Å²) in [6.45, 7) is 8.39. The molecule has 2 heterocycles. The minimum Gasteiger partial charge on any atom is -0.383 e. The Morgan fingerprint density at radius 3 is 2.72 bits per heavy atom. The topological polar surface area (TPSA) is 94.0 Å². The number of anilines is 1. The van der Waals surface area contributed by atoms with Gasteiger partial charge in [0.2, 0.25) is 5.91 Å². The maximum absolute atomic E-state index is 11.8. The fourth-order valence-corrected chi connectivity index (χ4v) is 2.64. The smallest absolute Gasteiger partial charge is 0.221 e. The van der Waals surface area contributed by atoms with Crippen LogP contribution in [0.2, 0.25) is 0 Å². The van der Waals surface area contributed by atoms with E-state index >= 15 is 0 Å². The highest BCUT2D eigenvalue weighted by molar-refractivity contribution is 5.87. The minimum absolute atomic E-state index is 0.0104. The summed E-state index contributed by atoms with van der Waals surface area (Å²) in [6.07, 6.45) is 2.17. The first kappa shape index (κ1) is 19.1. The van der Waals surface area contributed by atoms with Crippen LogP contribution in [-0.4, -0.2) is 52.5 Å². The largest absolute Gasteiger partial charge is 0.383 e. The van der Waals surface area contributed by atoms with Gasteiger partial charge in [-0.3, -0.25) is 9.48 Å². The van der Waals surface area contributed by atoms with Gasteiger partial charge in [-0.2, -0.15) is 5.10 Å². The molecule has 0 bridgehead atoms. The molecule has 2 rings (SSSR count). The standard InChI is InChI=1S/C17H28N6O2/c1-5-7-13-20-15-12(3)22-23(6-2)16(15)17(21-13)19-9-8-14(24)18-10-11-25-4/h5-11H2,1-4H3,(H,18,24)(H,19,20,21). The van der Waals surface area contributed by atoms with E-state index < -0.39 is 0 Å². The fourth-order valence-electron chi connectivity index (χ4n) is 2.64. The lowest BCUT2D eigenvalue weighted by Gasteiger charge is -2.10.